The van der Waals surface area contributed by atoms with Gasteiger partial charge in [0, 0.05) is 16.6 Å². The van der Waals surface area contributed by atoms with E-state index in [4.69, 9.17) is 10.5 Å². The fourth-order valence-corrected chi connectivity index (χ4v) is 3.07. The van der Waals surface area contributed by atoms with Gasteiger partial charge >= 0.3 is 5.97 Å². The third-order valence-corrected chi connectivity index (χ3v) is 4.42. The number of aromatic nitrogens is 1. The first kappa shape index (κ1) is 17.6. The molecule has 3 rings (SSSR count). The van der Waals surface area contributed by atoms with Gasteiger partial charge in [-0.1, -0.05) is 48.5 Å². The highest BCUT2D eigenvalue weighted by Crippen LogP contribution is 2.24. The molecule has 0 saturated heterocycles. The fraction of sp³-hybridized carbons (Fsp3) is 0.190. The van der Waals surface area contributed by atoms with Crippen molar-refractivity contribution < 1.29 is 14.3 Å². The molecule has 132 valence electrons. The van der Waals surface area contributed by atoms with E-state index in [1.807, 2.05) is 44.2 Å². The predicted octanol–water partition coefficient (Wildman–Crippen LogP) is 3.16. The van der Waals surface area contributed by atoms with Crippen LogP contribution in [-0.4, -0.2) is 16.9 Å². The lowest BCUT2D eigenvalue weighted by atomic mass is 9.99. The summed E-state index contributed by atoms with van der Waals surface area (Å²) in [6, 6.07) is 16.5. The normalized spacial score (nSPS) is 11.9. The number of benzene rings is 2. The lowest BCUT2D eigenvalue weighted by Crippen LogP contribution is -2.27. The van der Waals surface area contributed by atoms with Crippen LogP contribution in [0.2, 0.25) is 0 Å². The summed E-state index contributed by atoms with van der Waals surface area (Å²) in [6.07, 6.45) is -1.07. The molecule has 2 N–H and O–H groups in total. The molecule has 0 radical (unpaired) electrons. The topological polar surface area (TPSA) is 82.3 Å². The SMILES string of the molecule is Cc1nc2ccccc2c(C)c1CC(=O)O[C@@H](C(N)=O)c1ccccc1. The standard InChI is InChI=1S/C21H20N2O3/c1-13-16-10-6-7-11-18(16)23-14(2)17(13)12-19(24)26-20(21(22)25)15-8-4-3-5-9-15/h3-11,20H,12H2,1-2H3,(H2,22,25)/t20-/m1/s1. The third-order valence-electron chi connectivity index (χ3n) is 4.42. The number of pyridine rings is 1. The minimum atomic E-state index is -1.10. The van der Waals surface area contributed by atoms with Gasteiger partial charge in [0.15, 0.2) is 0 Å². The van der Waals surface area contributed by atoms with E-state index in [0.29, 0.717) is 5.56 Å². The Labute approximate surface area is 151 Å². The number of amides is 1. The number of primary amides is 1. The number of ether oxygens (including phenoxy) is 1. The Morgan fingerprint density at radius 1 is 1.04 bits per heavy atom. The predicted molar refractivity (Wildman–Crippen MR) is 99.4 cm³/mol. The minimum Gasteiger partial charge on any atom is -0.447 e. The zero-order valence-electron chi connectivity index (χ0n) is 14.7. The number of aryl methyl sites for hydroxylation is 2. The molecule has 1 atom stereocenters. The molecule has 1 heterocycles. The second-order valence-corrected chi connectivity index (χ2v) is 6.18. The van der Waals surface area contributed by atoms with Gasteiger partial charge in [0.25, 0.3) is 5.91 Å². The molecule has 3 aromatic rings. The Morgan fingerprint density at radius 2 is 1.69 bits per heavy atom. The summed E-state index contributed by atoms with van der Waals surface area (Å²) >= 11 is 0. The molecule has 0 aliphatic carbocycles. The maximum absolute atomic E-state index is 12.5. The van der Waals surface area contributed by atoms with Gasteiger partial charge in [-0.2, -0.15) is 0 Å². The van der Waals surface area contributed by atoms with Crippen LogP contribution in [0.4, 0.5) is 0 Å². The molecule has 0 spiro atoms. The number of hydrogen-bond acceptors (Lipinski definition) is 4. The Kier molecular flexibility index (Phi) is 4.98. The maximum atomic E-state index is 12.5. The molecule has 2 aromatic carbocycles. The smallest absolute Gasteiger partial charge is 0.311 e. The van der Waals surface area contributed by atoms with Crippen LogP contribution >= 0.6 is 0 Å². The van der Waals surface area contributed by atoms with E-state index < -0.39 is 18.0 Å². The van der Waals surface area contributed by atoms with Crippen LogP contribution < -0.4 is 5.73 Å². The van der Waals surface area contributed by atoms with Crippen molar-refractivity contribution in [2.24, 2.45) is 5.73 Å². The van der Waals surface area contributed by atoms with E-state index in [1.165, 1.54) is 0 Å². The highest BCUT2D eigenvalue weighted by Gasteiger charge is 2.23. The molecule has 5 heteroatoms. The number of nitrogens with two attached hydrogens (primary N) is 1. The largest absolute Gasteiger partial charge is 0.447 e. The first-order valence-corrected chi connectivity index (χ1v) is 8.36. The number of fused-ring (bicyclic) bond motifs is 1. The Morgan fingerprint density at radius 3 is 2.38 bits per heavy atom. The monoisotopic (exact) mass is 348 g/mol. The average molecular weight is 348 g/mol. The zero-order valence-corrected chi connectivity index (χ0v) is 14.7. The highest BCUT2D eigenvalue weighted by atomic mass is 16.5. The van der Waals surface area contributed by atoms with Crippen molar-refractivity contribution in [2.75, 3.05) is 0 Å². The summed E-state index contributed by atoms with van der Waals surface area (Å²) in [4.78, 5) is 28.8. The minimum absolute atomic E-state index is 0.0338. The number of para-hydroxylation sites is 1. The molecule has 0 aliphatic rings. The van der Waals surface area contributed by atoms with E-state index >= 15 is 0 Å². The van der Waals surface area contributed by atoms with Crippen LogP contribution in [0, 0.1) is 13.8 Å². The molecule has 0 unspecified atom stereocenters. The fourth-order valence-electron chi connectivity index (χ4n) is 3.07. The van der Waals surface area contributed by atoms with Crippen molar-refractivity contribution in [3.63, 3.8) is 0 Å². The number of carbonyl (C=O) groups is 2. The van der Waals surface area contributed by atoms with Crippen LogP contribution in [0.5, 0.6) is 0 Å². The summed E-state index contributed by atoms with van der Waals surface area (Å²) in [5, 5.41) is 0.996. The van der Waals surface area contributed by atoms with E-state index in [9.17, 15) is 9.59 Å². The molecule has 0 saturated carbocycles. The first-order chi connectivity index (χ1) is 12.5. The van der Waals surface area contributed by atoms with Crippen LogP contribution in [0.3, 0.4) is 0 Å². The molecular weight excluding hydrogens is 328 g/mol. The number of rotatable bonds is 5. The van der Waals surface area contributed by atoms with Crippen molar-refractivity contribution in [3.8, 4) is 0 Å². The van der Waals surface area contributed by atoms with E-state index in [1.54, 1.807) is 24.3 Å². The number of carbonyl (C=O) groups excluding carboxylic acids is 2. The third kappa shape index (κ3) is 3.57. The van der Waals surface area contributed by atoms with E-state index in [-0.39, 0.29) is 6.42 Å². The zero-order chi connectivity index (χ0) is 18.7. The summed E-state index contributed by atoms with van der Waals surface area (Å²) in [5.41, 5.74) is 9.43. The van der Waals surface area contributed by atoms with Crippen LogP contribution in [0.1, 0.15) is 28.5 Å². The average Bonchev–Trinajstić information content (AvgIpc) is 2.63. The van der Waals surface area contributed by atoms with E-state index in [0.717, 1.165) is 27.7 Å². The Bertz CT molecular complexity index is 968. The van der Waals surface area contributed by atoms with Crippen LogP contribution in [-0.2, 0) is 20.7 Å². The summed E-state index contributed by atoms with van der Waals surface area (Å²) in [6.45, 7) is 3.83. The lowest BCUT2D eigenvalue weighted by molar-refractivity contribution is -0.154. The molecule has 0 fully saturated rings. The molecule has 1 aromatic heterocycles. The van der Waals surface area contributed by atoms with Gasteiger partial charge in [0.2, 0.25) is 6.10 Å². The summed E-state index contributed by atoms with van der Waals surface area (Å²) in [5.74, 6) is -1.21. The van der Waals surface area contributed by atoms with Gasteiger partial charge in [-0.05, 0) is 31.0 Å². The second-order valence-electron chi connectivity index (χ2n) is 6.18. The van der Waals surface area contributed by atoms with Gasteiger partial charge in [-0.3, -0.25) is 14.6 Å². The van der Waals surface area contributed by atoms with Crippen molar-refractivity contribution in [1.82, 2.24) is 4.98 Å². The van der Waals surface area contributed by atoms with Gasteiger partial charge < -0.3 is 10.5 Å². The van der Waals surface area contributed by atoms with Crippen molar-refractivity contribution in [1.29, 1.82) is 0 Å². The number of hydrogen-bond donors (Lipinski definition) is 1. The molecule has 0 bridgehead atoms. The van der Waals surface area contributed by atoms with Crippen molar-refractivity contribution >= 4 is 22.8 Å². The van der Waals surface area contributed by atoms with Gasteiger partial charge in [0.05, 0.1) is 11.9 Å². The van der Waals surface area contributed by atoms with Crippen molar-refractivity contribution in [3.05, 3.63) is 77.0 Å². The summed E-state index contributed by atoms with van der Waals surface area (Å²) < 4.78 is 5.38. The van der Waals surface area contributed by atoms with E-state index in [2.05, 4.69) is 4.98 Å². The number of esters is 1. The van der Waals surface area contributed by atoms with Crippen LogP contribution in [0.15, 0.2) is 54.6 Å². The second kappa shape index (κ2) is 7.35. The summed E-state index contributed by atoms with van der Waals surface area (Å²) in [7, 11) is 0. The molecular formula is C21H20N2O3. The highest BCUT2D eigenvalue weighted by molar-refractivity contribution is 5.87. The quantitative estimate of drug-likeness (QED) is 0.718. The van der Waals surface area contributed by atoms with Crippen LogP contribution in [0.25, 0.3) is 10.9 Å². The van der Waals surface area contributed by atoms with Gasteiger partial charge in [-0.25, -0.2) is 0 Å². The maximum Gasteiger partial charge on any atom is 0.311 e. The first-order valence-electron chi connectivity index (χ1n) is 8.36. The molecule has 0 aliphatic heterocycles. The van der Waals surface area contributed by atoms with Gasteiger partial charge in [0.1, 0.15) is 0 Å². The molecule has 26 heavy (non-hydrogen) atoms. The Hall–Kier alpha value is -3.21. The number of nitrogens with zero attached hydrogens (tertiary/aromatic N) is 1. The Balaban J connectivity index is 1.86. The molecule has 1 amide bonds. The van der Waals surface area contributed by atoms with Crippen molar-refractivity contribution in [2.45, 2.75) is 26.4 Å². The van der Waals surface area contributed by atoms with Gasteiger partial charge in [-0.15, -0.1) is 0 Å². The molecule has 5 nitrogen and oxygen atoms in total. The lowest BCUT2D eigenvalue weighted by Gasteiger charge is -2.17.